The van der Waals surface area contributed by atoms with Crippen molar-refractivity contribution in [2.45, 2.75) is 64.4 Å². The van der Waals surface area contributed by atoms with Crippen molar-refractivity contribution in [1.82, 2.24) is 24.7 Å². The Morgan fingerprint density at radius 1 is 1.24 bits per heavy atom. The summed E-state index contributed by atoms with van der Waals surface area (Å²) in [4.78, 5) is 8.86. The lowest BCUT2D eigenvalue weighted by molar-refractivity contribution is 0.130. The second kappa shape index (κ2) is 6.46. The monoisotopic (exact) mass is 341 g/mol. The second-order valence-electron chi connectivity index (χ2n) is 7.08. The van der Waals surface area contributed by atoms with E-state index in [0.717, 1.165) is 54.6 Å². The van der Waals surface area contributed by atoms with Crippen molar-refractivity contribution >= 4 is 5.65 Å². The number of nitrogens with zero attached hydrogens (tertiary/aromatic N) is 5. The summed E-state index contributed by atoms with van der Waals surface area (Å²) in [6.07, 6.45) is 5.87. The number of aryl methyl sites for hydroxylation is 1. The maximum atomic E-state index is 6.20. The summed E-state index contributed by atoms with van der Waals surface area (Å²) in [6.45, 7) is 6.11. The zero-order valence-electron chi connectivity index (χ0n) is 14.8. The second-order valence-corrected chi connectivity index (χ2v) is 7.08. The maximum absolute atomic E-state index is 6.20. The molecule has 7 nitrogen and oxygen atoms in total. The molecule has 132 valence electrons. The molecule has 0 saturated heterocycles. The molecule has 3 aromatic heterocycles. The Kier molecular flexibility index (Phi) is 4.15. The first-order valence-electron chi connectivity index (χ1n) is 8.91. The van der Waals surface area contributed by atoms with Crippen LogP contribution in [0.4, 0.5) is 0 Å². The molecule has 0 aliphatic heterocycles. The summed E-state index contributed by atoms with van der Waals surface area (Å²) in [5.74, 6) is 2.95. The van der Waals surface area contributed by atoms with Crippen LogP contribution < -0.4 is 4.74 Å². The average molecular weight is 341 g/mol. The van der Waals surface area contributed by atoms with Crippen molar-refractivity contribution in [3.8, 4) is 5.88 Å². The van der Waals surface area contributed by atoms with Crippen molar-refractivity contribution in [2.75, 3.05) is 0 Å². The number of hydrogen-bond donors (Lipinski definition) is 0. The lowest BCUT2D eigenvalue weighted by Gasteiger charge is -2.27. The van der Waals surface area contributed by atoms with Crippen molar-refractivity contribution in [2.24, 2.45) is 0 Å². The van der Waals surface area contributed by atoms with Crippen molar-refractivity contribution in [3.05, 3.63) is 35.7 Å². The third kappa shape index (κ3) is 3.23. The lowest BCUT2D eigenvalue weighted by atomic mass is 9.87. The smallest absolute Gasteiger partial charge is 0.229 e. The standard InChI is InChI=1S/C18H23N5O2/c1-11(2)17-20-18(25-22-17)13-4-6-14(7-5-13)24-16-8-9-19-15-10-12(3)21-23(15)16/h8-11,13-14H,4-7H2,1-3H3. The van der Waals surface area contributed by atoms with E-state index in [9.17, 15) is 0 Å². The molecule has 1 aliphatic carbocycles. The predicted molar refractivity (Wildman–Crippen MR) is 91.7 cm³/mol. The molecule has 25 heavy (non-hydrogen) atoms. The molecule has 3 heterocycles. The molecule has 0 bridgehead atoms. The van der Waals surface area contributed by atoms with Crippen LogP contribution in [0.3, 0.4) is 0 Å². The van der Waals surface area contributed by atoms with E-state index in [-0.39, 0.29) is 6.10 Å². The van der Waals surface area contributed by atoms with Gasteiger partial charge in [0.1, 0.15) is 6.10 Å². The van der Waals surface area contributed by atoms with Crippen LogP contribution in [0.25, 0.3) is 5.65 Å². The molecule has 3 aromatic rings. The van der Waals surface area contributed by atoms with E-state index in [0.29, 0.717) is 11.8 Å². The molecule has 7 heteroatoms. The van der Waals surface area contributed by atoms with E-state index < -0.39 is 0 Å². The van der Waals surface area contributed by atoms with E-state index in [2.05, 4.69) is 34.1 Å². The molecule has 4 rings (SSSR count). The van der Waals surface area contributed by atoms with E-state index in [1.165, 1.54) is 0 Å². The molecule has 0 N–H and O–H groups in total. The highest BCUT2D eigenvalue weighted by atomic mass is 16.5. The van der Waals surface area contributed by atoms with Crippen molar-refractivity contribution < 1.29 is 9.26 Å². The fraction of sp³-hybridized carbons (Fsp3) is 0.556. The van der Waals surface area contributed by atoms with Gasteiger partial charge in [-0.25, -0.2) is 4.98 Å². The van der Waals surface area contributed by atoms with Crippen LogP contribution in [0.1, 0.15) is 68.8 Å². The topological polar surface area (TPSA) is 78.3 Å². The Morgan fingerprint density at radius 3 is 2.76 bits per heavy atom. The summed E-state index contributed by atoms with van der Waals surface area (Å²) < 4.78 is 13.4. The molecular formula is C18H23N5O2. The van der Waals surface area contributed by atoms with Gasteiger partial charge in [-0.2, -0.15) is 14.6 Å². The fourth-order valence-electron chi connectivity index (χ4n) is 3.32. The molecule has 0 aromatic carbocycles. The van der Waals surface area contributed by atoms with Gasteiger partial charge in [-0.3, -0.25) is 0 Å². The van der Waals surface area contributed by atoms with Gasteiger partial charge < -0.3 is 9.26 Å². The van der Waals surface area contributed by atoms with Crippen molar-refractivity contribution in [1.29, 1.82) is 0 Å². The van der Waals surface area contributed by atoms with Gasteiger partial charge in [0.05, 0.1) is 5.69 Å². The summed E-state index contributed by atoms with van der Waals surface area (Å²) in [5, 5.41) is 8.53. The molecule has 0 spiro atoms. The Labute approximate surface area is 146 Å². The van der Waals surface area contributed by atoms with Crippen LogP contribution in [0.15, 0.2) is 22.9 Å². The number of rotatable bonds is 4. The largest absolute Gasteiger partial charge is 0.474 e. The summed E-state index contributed by atoms with van der Waals surface area (Å²) in [6, 6.07) is 3.82. The minimum Gasteiger partial charge on any atom is -0.474 e. The van der Waals surface area contributed by atoms with Gasteiger partial charge in [0.15, 0.2) is 11.5 Å². The predicted octanol–water partition coefficient (Wildman–Crippen LogP) is 3.65. The highest BCUT2D eigenvalue weighted by Gasteiger charge is 2.28. The van der Waals surface area contributed by atoms with Gasteiger partial charge in [-0.1, -0.05) is 19.0 Å². The number of aromatic nitrogens is 5. The molecule has 0 amide bonds. The van der Waals surface area contributed by atoms with E-state index in [1.807, 2.05) is 19.1 Å². The van der Waals surface area contributed by atoms with Gasteiger partial charge in [0.25, 0.3) is 0 Å². The molecule has 0 unspecified atom stereocenters. The summed E-state index contributed by atoms with van der Waals surface area (Å²) >= 11 is 0. The van der Waals surface area contributed by atoms with Crippen LogP contribution in [-0.2, 0) is 0 Å². The van der Waals surface area contributed by atoms with E-state index in [1.54, 1.807) is 10.7 Å². The minimum absolute atomic E-state index is 0.179. The third-order valence-electron chi connectivity index (χ3n) is 4.73. The fourth-order valence-corrected chi connectivity index (χ4v) is 3.32. The van der Waals surface area contributed by atoms with E-state index in [4.69, 9.17) is 9.26 Å². The summed E-state index contributed by atoms with van der Waals surface area (Å²) in [5.41, 5.74) is 1.75. The molecular weight excluding hydrogens is 318 g/mol. The third-order valence-corrected chi connectivity index (χ3v) is 4.73. The van der Waals surface area contributed by atoms with Gasteiger partial charge in [-0.15, -0.1) is 0 Å². The van der Waals surface area contributed by atoms with Crippen LogP contribution >= 0.6 is 0 Å². The van der Waals surface area contributed by atoms with Crippen LogP contribution in [0.2, 0.25) is 0 Å². The first kappa shape index (κ1) is 16.1. The average Bonchev–Trinajstić information content (AvgIpc) is 3.22. The molecule has 1 aliphatic rings. The lowest BCUT2D eigenvalue weighted by Crippen LogP contribution is -2.24. The summed E-state index contributed by atoms with van der Waals surface area (Å²) in [7, 11) is 0. The Morgan fingerprint density at radius 2 is 2.04 bits per heavy atom. The van der Waals surface area contributed by atoms with Crippen LogP contribution in [0, 0.1) is 6.92 Å². The first-order valence-corrected chi connectivity index (χ1v) is 8.91. The Hall–Kier alpha value is -2.44. The van der Waals surface area contributed by atoms with Gasteiger partial charge >= 0.3 is 0 Å². The number of ether oxygens (including phenoxy) is 1. The van der Waals surface area contributed by atoms with Gasteiger partial charge in [0.2, 0.25) is 11.8 Å². The maximum Gasteiger partial charge on any atom is 0.229 e. The Bertz CT molecular complexity index is 861. The highest BCUT2D eigenvalue weighted by Crippen LogP contribution is 2.34. The zero-order chi connectivity index (χ0) is 17.4. The minimum atomic E-state index is 0.179. The van der Waals surface area contributed by atoms with Crippen LogP contribution in [-0.4, -0.2) is 30.8 Å². The quantitative estimate of drug-likeness (QED) is 0.721. The Balaban J connectivity index is 1.41. The number of fused-ring (bicyclic) bond motifs is 1. The van der Waals surface area contributed by atoms with E-state index >= 15 is 0 Å². The molecule has 0 radical (unpaired) electrons. The highest BCUT2D eigenvalue weighted by molar-refractivity contribution is 5.41. The van der Waals surface area contributed by atoms with Gasteiger partial charge in [0, 0.05) is 30.2 Å². The first-order chi connectivity index (χ1) is 12.1. The number of hydrogen-bond acceptors (Lipinski definition) is 6. The SMILES string of the molecule is Cc1cc2nccc(OC3CCC(c4nc(C(C)C)no4)CC3)n2n1. The van der Waals surface area contributed by atoms with Gasteiger partial charge in [-0.05, 0) is 32.6 Å². The molecule has 1 fully saturated rings. The molecule has 0 atom stereocenters. The normalized spacial score (nSPS) is 21.1. The molecule has 1 saturated carbocycles. The van der Waals surface area contributed by atoms with Crippen LogP contribution in [0.5, 0.6) is 5.88 Å². The zero-order valence-corrected chi connectivity index (χ0v) is 14.8. The van der Waals surface area contributed by atoms with Crippen molar-refractivity contribution in [3.63, 3.8) is 0 Å².